The van der Waals surface area contributed by atoms with Crippen molar-refractivity contribution in [2.75, 3.05) is 0 Å². The summed E-state index contributed by atoms with van der Waals surface area (Å²) in [6.07, 6.45) is 6.89. The van der Waals surface area contributed by atoms with Gasteiger partial charge in [0.25, 0.3) is 0 Å². The largest absolute Gasteiger partial charge is 0.309 e. The molecular formula is C48H32N2S. The van der Waals surface area contributed by atoms with Crippen molar-refractivity contribution in [2.45, 2.75) is 12.8 Å². The van der Waals surface area contributed by atoms with E-state index in [0.29, 0.717) is 0 Å². The van der Waals surface area contributed by atoms with E-state index in [1.54, 1.807) is 0 Å². The molecule has 11 rings (SSSR count). The lowest BCUT2D eigenvalue weighted by Gasteiger charge is -2.11. The van der Waals surface area contributed by atoms with Gasteiger partial charge < -0.3 is 9.13 Å². The molecule has 0 spiro atoms. The topological polar surface area (TPSA) is 9.86 Å². The van der Waals surface area contributed by atoms with Gasteiger partial charge in [0, 0.05) is 42.5 Å². The van der Waals surface area contributed by atoms with E-state index >= 15 is 0 Å². The van der Waals surface area contributed by atoms with Gasteiger partial charge >= 0.3 is 0 Å². The number of hydrogen-bond donors (Lipinski definition) is 0. The molecule has 0 fully saturated rings. The smallest absolute Gasteiger partial charge is 0.0555 e. The summed E-state index contributed by atoms with van der Waals surface area (Å²) < 4.78 is 6.24. The number of aromatic nitrogens is 2. The van der Waals surface area contributed by atoms with Gasteiger partial charge in [0.15, 0.2) is 0 Å². The van der Waals surface area contributed by atoms with Gasteiger partial charge in [-0.25, -0.2) is 0 Å². The molecule has 0 aliphatic heterocycles. The molecule has 0 saturated heterocycles. The molecule has 240 valence electrons. The lowest BCUT2D eigenvalue weighted by molar-refractivity contribution is 1.01. The Balaban J connectivity index is 1.03. The highest BCUT2D eigenvalue weighted by atomic mass is 32.1. The Hall–Kier alpha value is -6.16. The first-order valence-corrected chi connectivity index (χ1v) is 18.6. The van der Waals surface area contributed by atoms with Gasteiger partial charge in [-0.05, 0) is 107 Å². The quantitative estimate of drug-likeness (QED) is 0.177. The van der Waals surface area contributed by atoms with E-state index in [4.69, 9.17) is 0 Å². The first-order chi connectivity index (χ1) is 25.3. The average Bonchev–Trinajstić information content (AvgIpc) is 3.86. The number of hydrogen-bond acceptors (Lipinski definition) is 1. The molecule has 0 saturated carbocycles. The highest BCUT2D eigenvalue weighted by molar-refractivity contribution is 7.21. The van der Waals surface area contributed by atoms with Crippen LogP contribution in [0.2, 0.25) is 0 Å². The van der Waals surface area contributed by atoms with Crippen LogP contribution in [0.3, 0.4) is 0 Å². The molecule has 3 heterocycles. The molecule has 0 radical (unpaired) electrons. The Morgan fingerprint density at radius 2 is 0.980 bits per heavy atom. The minimum absolute atomic E-state index is 1.12. The summed E-state index contributed by atoms with van der Waals surface area (Å²) in [5.74, 6) is 0. The average molecular weight is 669 g/mol. The summed E-state index contributed by atoms with van der Waals surface area (Å²) >= 11 is 1.95. The predicted octanol–water partition coefficient (Wildman–Crippen LogP) is 13.4. The van der Waals surface area contributed by atoms with Crippen LogP contribution in [0.15, 0.2) is 164 Å². The first kappa shape index (κ1) is 28.7. The van der Waals surface area contributed by atoms with Gasteiger partial charge in [0.05, 0.1) is 22.1 Å². The monoisotopic (exact) mass is 668 g/mol. The van der Waals surface area contributed by atoms with Crippen LogP contribution in [0.1, 0.15) is 16.9 Å². The van der Waals surface area contributed by atoms with Gasteiger partial charge in [-0.2, -0.15) is 0 Å². The molecule has 3 aromatic heterocycles. The normalized spacial score (nSPS) is 12.9. The van der Waals surface area contributed by atoms with Gasteiger partial charge in [-0.1, -0.05) is 109 Å². The van der Waals surface area contributed by atoms with Crippen LogP contribution in [0.4, 0.5) is 0 Å². The highest BCUT2D eigenvalue weighted by Gasteiger charge is 2.21. The molecule has 0 atom stereocenters. The third-order valence-electron chi connectivity index (χ3n) is 10.8. The second-order valence-electron chi connectivity index (χ2n) is 13.6. The van der Waals surface area contributed by atoms with Gasteiger partial charge in [0.2, 0.25) is 0 Å². The fourth-order valence-corrected chi connectivity index (χ4v) is 9.77. The van der Waals surface area contributed by atoms with Crippen molar-refractivity contribution in [1.82, 2.24) is 9.13 Å². The Bertz CT molecular complexity index is 2940. The van der Waals surface area contributed by atoms with E-state index in [1.165, 1.54) is 97.8 Å². The zero-order chi connectivity index (χ0) is 33.5. The minimum Gasteiger partial charge on any atom is -0.309 e. The number of fused-ring (bicyclic) bond motifs is 10. The van der Waals surface area contributed by atoms with Crippen LogP contribution in [-0.2, 0) is 6.42 Å². The van der Waals surface area contributed by atoms with Crippen LogP contribution >= 0.6 is 11.3 Å². The molecule has 0 bridgehead atoms. The van der Waals surface area contributed by atoms with Crippen LogP contribution in [-0.4, -0.2) is 9.13 Å². The molecule has 1 aliphatic rings. The molecule has 0 N–H and O–H groups in total. The second-order valence-corrected chi connectivity index (χ2v) is 14.7. The molecule has 7 aromatic carbocycles. The summed E-state index contributed by atoms with van der Waals surface area (Å²) in [6.45, 7) is 0. The molecule has 3 heteroatoms. The zero-order valence-corrected chi connectivity index (χ0v) is 28.7. The Labute approximate surface area is 299 Å². The molecule has 0 unspecified atom stereocenters. The summed E-state index contributed by atoms with van der Waals surface area (Å²) in [6, 6.07) is 58.0. The van der Waals surface area contributed by atoms with E-state index in [-0.39, 0.29) is 0 Å². The Kier molecular flexibility index (Phi) is 6.28. The fraction of sp³-hybridized carbons (Fsp3) is 0.0417. The predicted molar refractivity (Wildman–Crippen MR) is 219 cm³/mol. The molecule has 0 amide bonds. The number of allylic oxidation sites excluding steroid dienone is 1. The molecule has 51 heavy (non-hydrogen) atoms. The number of aryl methyl sites for hydroxylation is 1. The van der Waals surface area contributed by atoms with Crippen molar-refractivity contribution in [3.05, 3.63) is 174 Å². The second kappa shape index (κ2) is 11.2. The summed E-state index contributed by atoms with van der Waals surface area (Å²) in [7, 11) is 0. The van der Waals surface area contributed by atoms with E-state index in [2.05, 4.69) is 179 Å². The Morgan fingerprint density at radius 1 is 0.431 bits per heavy atom. The van der Waals surface area contributed by atoms with Crippen LogP contribution in [0.5, 0.6) is 0 Å². The van der Waals surface area contributed by atoms with Crippen LogP contribution < -0.4 is 0 Å². The van der Waals surface area contributed by atoms with Crippen LogP contribution in [0.25, 0.3) is 93.4 Å². The minimum atomic E-state index is 1.12. The lowest BCUT2D eigenvalue weighted by atomic mass is 9.99. The van der Waals surface area contributed by atoms with Gasteiger partial charge in [0.1, 0.15) is 0 Å². The molecule has 10 aromatic rings. The lowest BCUT2D eigenvalue weighted by Crippen LogP contribution is -1.95. The van der Waals surface area contributed by atoms with Crippen molar-refractivity contribution in [3.63, 3.8) is 0 Å². The standard InChI is InChI=1S/C48H32N2S/c1-2-10-31(11-3-1)34-22-28-44-41(30-34)47-45(29-27-40-39-14-6-9-17-46(39)51-48(40)47)50(44)36-25-20-33(21-26-36)32-18-23-35(24-19-32)49-42-15-7-4-12-37(42)38-13-5-8-16-43(38)49/h1-5,7-13,15-30H,6,14H2. The molecule has 2 nitrogen and oxygen atoms in total. The Morgan fingerprint density at radius 3 is 1.67 bits per heavy atom. The molecular weight excluding hydrogens is 637 g/mol. The number of para-hydroxylation sites is 2. The maximum atomic E-state index is 2.46. The maximum Gasteiger partial charge on any atom is 0.0555 e. The summed E-state index contributed by atoms with van der Waals surface area (Å²) in [5.41, 5.74) is 13.7. The SMILES string of the molecule is C1=Cc2sc3c(ccc4c3c3cc(-c5ccccc5)ccc3n4-c3ccc(-c4ccc(-n5c6ccccc6c6ccccc65)cc4)cc3)c2CC1. The van der Waals surface area contributed by atoms with Crippen molar-refractivity contribution in [2.24, 2.45) is 0 Å². The van der Waals surface area contributed by atoms with E-state index < -0.39 is 0 Å². The third kappa shape index (κ3) is 4.35. The van der Waals surface area contributed by atoms with Crippen molar-refractivity contribution in [3.8, 4) is 33.6 Å². The number of thiophene rings is 1. The van der Waals surface area contributed by atoms with E-state index in [0.717, 1.165) is 12.8 Å². The van der Waals surface area contributed by atoms with E-state index in [1.807, 2.05) is 11.3 Å². The summed E-state index contributed by atoms with van der Waals surface area (Å²) in [5, 5.41) is 6.65. The maximum absolute atomic E-state index is 2.46. The van der Waals surface area contributed by atoms with Crippen LogP contribution in [0, 0.1) is 0 Å². The van der Waals surface area contributed by atoms with Crippen molar-refractivity contribution < 1.29 is 0 Å². The van der Waals surface area contributed by atoms with Crippen molar-refractivity contribution in [1.29, 1.82) is 0 Å². The third-order valence-corrected chi connectivity index (χ3v) is 12.1. The van der Waals surface area contributed by atoms with Crippen molar-refractivity contribution >= 4 is 71.1 Å². The number of rotatable bonds is 4. The summed E-state index contributed by atoms with van der Waals surface area (Å²) in [4.78, 5) is 1.41. The highest BCUT2D eigenvalue weighted by Crippen LogP contribution is 2.45. The number of nitrogens with zero attached hydrogens (tertiary/aromatic N) is 2. The van der Waals surface area contributed by atoms with Gasteiger partial charge in [-0.15, -0.1) is 11.3 Å². The van der Waals surface area contributed by atoms with Gasteiger partial charge in [-0.3, -0.25) is 0 Å². The van der Waals surface area contributed by atoms with E-state index in [9.17, 15) is 0 Å². The fourth-order valence-electron chi connectivity index (χ4n) is 8.43. The number of benzene rings is 7. The molecule has 1 aliphatic carbocycles. The zero-order valence-electron chi connectivity index (χ0n) is 27.9. The first-order valence-electron chi connectivity index (χ1n) is 17.7.